The van der Waals surface area contributed by atoms with Gasteiger partial charge >= 0.3 is 5.91 Å². The minimum atomic E-state index is -0.377. The van der Waals surface area contributed by atoms with Crippen molar-refractivity contribution in [3.05, 3.63) is 46.8 Å². The highest BCUT2D eigenvalue weighted by Gasteiger charge is 2.38. The summed E-state index contributed by atoms with van der Waals surface area (Å²) in [7, 11) is 6.41. The van der Waals surface area contributed by atoms with Crippen molar-refractivity contribution in [2.45, 2.75) is 32.2 Å². The van der Waals surface area contributed by atoms with E-state index in [1.165, 1.54) is 6.92 Å². The molecule has 2 aliphatic carbocycles. The lowest BCUT2D eigenvalue weighted by molar-refractivity contribution is -0.561. The third kappa shape index (κ3) is 3.64. The monoisotopic (exact) mass is 399 g/mol. The first-order valence-electron chi connectivity index (χ1n) is 9.45. The number of benzene rings is 1. The van der Waals surface area contributed by atoms with Gasteiger partial charge in [0.1, 0.15) is 0 Å². The molecule has 1 unspecified atom stereocenters. The Kier molecular flexibility index (Phi) is 6.06. The second-order valence-electron chi connectivity index (χ2n) is 6.90. The quantitative estimate of drug-likeness (QED) is 0.601. The Bertz CT molecular complexity index is 943. The van der Waals surface area contributed by atoms with Crippen LogP contribution in [0, 0.1) is 5.53 Å². The number of ether oxygens (including phenoxy) is 4. The summed E-state index contributed by atoms with van der Waals surface area (Å²) in [5.74, 6) is 2.18. The van der Waals surface area contributed by atoms with Crippen LogP contribution in [-0.4, -0.2) is 45.1 Å². The van der Waals surface area contributed by atoms with Crippen LogP contribution >= 0.6 is 0 Å². The predicted octanol–water partition coefficient (Wildman–Crippen LogP) is 3.86. The standard InChI is InChI=1S/C22H27N2O5/c1-13(25)24(23)18-11-6-14-12-19(27-3)21(28-4)22(29-5)20(14)17-10-8-15(26-2)7-9-16(17)18/h8-10,12,18,23H,6-7,11H2,1-5H3/q+1. The van der Waals surface area contributed by atoms with Gasteiger partial charge in [0.25, 0.3) is 0 Å². The van der Waals surface area contributed by atoms with Crippen molar-refractivity contribution in [2.24, 2.45) is 0 Å². The molecule has 2 aliphatic rings. The number of amides is 1. The molecule has 29 heavy (non-hydrogen) atoms. The van der Waals surface area contributed by atoms with Gasteiger partial charge in [-0.3, -0.25) is 0 Å². The number of allylic oxidation sites excluding steroid dienone is 3. The van der Waals surface area contributed by atoms with Crippen LogP contribution in [0.3, 0.4) is 0 Å². The van der Waals surface area contributed by atoms with E-state index in [4.69, 9.17) is 24.5 Å². The molecular formula is C22H27N2O5+. The van der Waals surface area contributed by atoms with Crippen LogP contribution in [0.2, 0.25) is 0 Å². The molecule has 7 heteroatoms. The summed E-state index contributed by atoms with van der Waals surface area (Å²) in [4.78, 5) is 12.0. The van der Waals surface area contributed by atoms with E-state index in [-0.39, 0.29) is 11.9 Å². The largest absolute Gasteiger partial charge is 0.501 e. The van der Waals surface area contributed by atoms with E-state index in [9.17, 15) is 4.79 Å². The van der Waals surface area contributed by atoms with Gasteiger partial charge in [0.15, 0.2) is 11.5 Å². The maximum atomic E-state index is 12.0. The van der Waals surface area contributed by atoms with Crippen LogP contribution in [0.5, 0.6) is 17.2 Å². The highest BCUT2D eigenvalue weighted by Crippen LogP contribution is 2.49. The zero-order chi connectivity index (χ0) is 21.1. The highest BCUT2D eigenvalue weighted by atomic mass is 16.5. The molecule has 154 valence electrons. The lowest BCUT2D eigenvalue weighted by Gasteiger charge is -2.20. The van der Waals surface area contributed by atoms with Gasteiger partial charge in [-0.25, -0.2) is 4.79 Å². The van der Waals surface area contributed by atoms with Crippen molar-refractivity contribution < 1.29 is 28.4 Å². The van der Waals surface area contributed by atoms with Gasteiger partial charge < -0.3 is 18.9 Å². The van der Waals surface area contributed by atoms with Crippen molar-refractivity contribution in [1.82, 2.24) is 0 Å². The van der Waals surface area contributed by atoms with Gasteiger partial charge in [0, 0.05) is 24.0 Å². The molecule has 0 spiro atoms. The molecule has 1 N–H and O–H groups in total. The number of rotatable bonds is 5. The fourth-order valence-corrected chi connectivity index (χ4v) is 3.99. The van der Waals surface area contributed by atoms with Crippen LogP contribution in [-0.2, 0) is 16.0 Å². The fraction of sp³-hybridized carbons (Fsp3) is 0.409. The molecule has 0 bridgehead atoms. The van der Waals surface area contributed by atoms with Gasteiger partial charge in [-0.15, -0.1) is 0 Å². The maximum Gasteiger partial charge on any atom is 0.408 e. The Morgan fingerprint density at radius 2 is 1.79 bits per heavy atom. The molecule has 1 aromatic carbocycles. The average Bonchev–Trinajstić information content (AvgIpc) is 3.02. The van der Waals surface area contributed by atoms with Crippen molar-refractivity contribution in [2.75, 3.05) is 28.4 Å². The molecule has 0 fully saturated rings. The maximum absolute atomic E-state index is 12.0. The van der Waals surface area contributed by atoms with Crippen molar-refractivity contribution in [1.29, 1.82) is 5.53 Å². The highest BCUT2D eigenvalue weighted by molar-refractivity contribution is 5.89. The number of fused-ring (bicyclic) bond motifs is 3. The van der Waals surface area contributed by atoms with Gasteiger partial charge in [0.2, 0.25) is 11.8 Å². The van der Waals surface area contributed by atoms with Crippen LogP contribution in [0.25, 0.3) is 5.57 Å². The van der Waals surface area contributed by atoms with Crippen LogP contribution in [0.4, 0.5) is 0 Å². The van der Waals surface area contributed by atoms with E-state index < -0.39 is 0 Å². The van der Waals surface area contributed by atoms with E-state index >= 15 is 0 Å². The summed E-state index contributed by atoms with van der Waals surface area (Å²) in [5, 5.41) is 0. The minimum absolute atomic E-state index is 0.299. The van der Waals surface area contributed by atoms with E-state index in [2.05, 4.69) is 0 Å². The Hall–Kier alpha value is -3.09. The fourth-order valence-electron chi connectivity index (χ4n) is 3.99. The summed E-state index contributed by atoms with van der Waals surface area (Å²) in [5.41, 5.74) is 12.1. The second kappa shape index (κ2) is 8.51. The van der Waals surface area contributed by atoms with Gasteiger partial charge in [-0.05, 0) is 29.7 Å². The smallest absolute Gasteiger partial charge is 0.408 e. The first kappa shape index (κ1) is 20.6. The predicted molar refractivity (Wildman–Crippen MR) is 108 cm³/mol. The molecule has 7 nitrogen and oxygen atoms in total. The summed E-state index contributed by atoms with van der Waals surface area (Å²) in [6.45, 7) is 1.41. The third-order valence-electron chi connectivity index (χ3n) is 5.41. The molecular weight excluding hydrogens is 372 g/mol. The first-order valence-corrected chi connectivity index (χ1v) is 9.45. The van der Waals surface area contributed by atoms with Crippen molar-refractivity contribution in [3.63, 3.8) is 0 Å². The van der Waals surface area contributed by atoms with Crippen molar-refractivity contribution in [3.8, 4) is 17.2 Å². The third-order valence-corrected chi connectivity index (χ3v) is 5.41. The normalized spacial score (nSPS) is 18.0. The first-order chi connectivity index (χ1) is 14.0. The number of carbonyl (C=O) groups is 1. The molecule has 0 saturated heterocycles. The zero-order valence-electron chi connectivity index (χ0n) is 17.5. The Labute approximate surface area is 170 Å². The average molecular weight is 399 g/mol. The molecule has 0 saturated carbocycles. The zero-order valence-corrected chi connectivity index (χ0v) is 17.5. The number of aryl methyl sites for hydroxylation is 1. The Morgan fingerprint density at radius 1 is 1.07 bits per heavy atom. The van der Waals surface area contributed by atoms with Crippen LogP contribution in [0.15, 0.2) is 35.6 Å². The van der Waals surface area contributed by atoms with E-state index in [1.54, 1.807) is 28.4 Å². The topological polar surface area (TPSA) is 80.9 Å². The number of hydrogen-bond acceptors (Lipinski definition) is 6. The number of nitrogens with one attached hydrogen (secondary N) is 1. The Balaban J connectivity index is 2.31. The molecule has 0 radical (unpaired) electrons. The molecule has 0 aromatic heterocycles. The summed E-state index contributed by atoms with van der Waals surface area (Å²) >= 11 is 0. The van der Waals surface area contributed by atoms with E-state index in [0.29, 0.717) is 36.5 Å². The lowest BCUT2D eigenvalue weighted by atomic mass is 9.91. The molecule has 3 rings (SSSR count). The number of methoxy groups -OCH3 is 4. The summed E-state index contributed by atoms with van der Waals surface area (Å²) < 4.78 is 23.4. The number of hydrogen-bond donors (Lipinski definition) is 1. The molecule has 0 aliphatic heterocycles. The lowest BCUT2D eigenvalue weighted by Crippen LogP contribution is -2.30. The van der Waals surface area contributed by atoms with Crippen molar-refractivity contribution >= 4 is 11.5 Å². The molecule has 1 aromatic rings. The molecule has 0 heterocycles. The number of nitrogens with zero attached hydrogens (tertiary/aromatic N) is 1. The molecule has 1 atom stereocenters. The van der Waals surface area contributed by atoms with Gasteiger partial charge in [-0.2, -0.15) is 0 Å². The van der Waals surface area contributed by atoms with Crippen LogP contribution in [0.1, 0.15) is 30.9 Å². The van der Waals surface area contributed by atoms with E-state index in [0.717, 1.165) is 32.7 Å². The van der Waals surface area contributed by atoms with E-state index in [1.807, 2.05) is 24.3 Å². The van der Waals surface area contributed by atoms with Crippen LogP contribution < -0.4 is 14.2 Å². The Morgan fingerprint density at radius 3 is 2.38 bits per heavy atom. The molecule has 1 amide bonds. The van der Waals surface area contributed by atoms with Gasteiger partial charge in [0.05, 0.1) is 41.1 Å². The van der Waals surface area contributed by atoms with Gasteiger partial charge in [-0.1, -0.05) is 22.4 Å². The SMILES string of the molecule is COC1=CC=C2C(=CC1)C([N+](=N)C(C)=O)CCc1cc(OC)c(OC)c(OC)c12. The number of carbonyl (C=O) groups excluding carboxylic acids is 1. The summed E-state index contributed by atoms with van der Waals surface area (Å²) in [6, 6.07) is 1.57. The minimum Gasteiger partial charge on any atom is -0.501 e. The summed E-state index contributed by atoms with van der Waals surface area (Å²) in [6.07, 6.45) is 7.78. The second-order valence-corrected chi connectivity index (χ2v) is 6.90.